The van der Waals surface area contributed by atoms with Crippen LogP contribution >= 0.6 is 11.6 Å². The molecule has 1 aliphatic rings. The number of anilines is 2. The molecule has 0 aliphatic carbocycles. The van der Waals surface area contributed by atoms with Gasteiger partial charge in [-0.2, -0.15) is 0 Å². The van der Waals surface area contributed by atoms with E-state index in [1.165, 1.54) is 0 Å². The molecule has 3 aromatic rings. The SMILES string of the molecule is CN[C@H]1CCN(C(=O)c2ccc(Nc3ncc(Cl)c(-c4cnc(C)n4C(C)C)n3)cc2)C1. The summed E-state index contributed by atoms with van der Waals surface area (Å²) in [7, 11) is 1.93. The minimum absolute atomic E-state index is 0.0525. The Bertz CT molecular complexity index is 1110. The summed E-state index contributed by atoms with van der Waals surface area (Å²) in [6.45, 7) is 7.66. The summed E-state index contributed by atoms with van der Waals surface area (Å²) >= 11 is 6.42. The van der Waals surface area contributed by atoms with Gasteiger partial charge in [-0.05, 0) is 58.5 Å². The summed E-state index contributed by atoms with van der Waals surface area (Å²) in [4.78, 5) is 28.0. The molecule has 0 saturated carbocycles. The predicted molar refractivity (Wildman–Crippen MR) is 126 cm³/mol. The number of amides is 1. The molecule has 8 nitrogen and oxygen atoms in total. The van der Waals surface area contributed by atoms with Gasteiger partial charge in [0.2, 0.25) is 5.95 Å². The Labute approximate surface area is 193 Å². The molecule has 1 fully saturated rings. The van der Waals surface area contributed by atoms with E-state index in [1.807, 2.05) is 43.1 Å². The number of hydrogen-bond donors (Lipinski definition) is 2. The van der Waals surface area contributed by atoms with Crippen molar-refractivity contribution in [1.29, 1.82) is 0 Å². The average molecular weight is 454 g/mol. The fourth-order valence-electron chi connectivity index (χ4n) is 4.08. The Hall–Kier alpha value is -2.97. The van der Waals surface area contributed by atoms with Crippen molar-refractivity contribution < 1.29 is 4.79 Å². The highest BCUT2D eigenvalue weighted by atomic mass is 35.5. The van der Waals surface area contributed by atoms with Crippen LogP contribution < -0.4 is 10.6 Å². The summed E-state index contributed by atoms with van der Waals surface area (Å²) in [5.41, 5.74) is 2.93. The van der Waals surface area contributed by atoms with Gasteiger partial charge >= 0.3 is 0 Å². The monoisotopic (exact) mass is 453 g/mol. The molecule has 9 heteroatoms. The summed E-state index contributed by atoms with van der Waals surface area (Å²) in [6.07, 6.45) is 4.35. The molecule has 2 N–H and O–H groups in total. The minimum atomic E-state index is 0.0525. The van der Waals surface area contributed by atoms with E-state index in [0.29, 0.717) is 28.3 Å². The molecule has 0 bridgehead atoms. The van der Waals surface area contributed by atoms with Crippen molar-refractivity contribution >= 4 is 29.1 Å². The Morgan fingerprint density at radius 1 is 1.19 bits per heavy atom. The molecule has 32 heavy (non-hydrogen) atoms. The van der Waals surface area contributed by atoms with Crippen LogP contribution in [0.25, 0.3) is 11.4 Å². The lowest BCUT2D eigenvalue weighted by Crippen LogP contribution is -2.33. The first-order valence-electron chi connectivity index (χ1n) is 10.8. The molecule has 168 valence electrons. The second kappa shape index (κ2) is 9.26. The number of likely N-dealkylation sites (N-methyl/N-ethyl adjacent to an activating group) is 1. The van der Waals surface area contributed by atoms with Crippen molar-refractivity contribution in [3.63, 3.8) is 0 Å². The molecule has 1 aliphatic heterocycles. The fraction of sp³-hybridized carbons (Fsp3) is 0.391. The van der Waals surface area contributed by atoms with Gasteiger partial charge in [0.1, 0.15) is 11.5 Å². The summed E-state index contributed by atoms with van der Waals surface area (Å²) in [5, 5.41) is 6.90. The third-order valence-electron chi connectivity index (χ3n) is 5.76. The summed E-state index contributed by atoms with van der Waals surface area (Å²) in [5.74, 6) is 1.38. The molecule has 4 rings (SSSR count). The maximum Gasteiger partial charge on any atom is 0.253 e. The zero-order valence-corrected chi connectivity index (χ0v) is 19.5. The topological polar surface area (TPSA) is 88.0 Å². The van der Waals surface area contributed by atoms with Gasteiger partial charge in [0.15, 0.2) is 0 Å². The summed E-state index contributed by atoms with van der Waals surface area (Å²) in [6, 6.07) is 7.96. The van der Waals surface area contributed by atoms with Crippen LogP contribution in [-0.2, 0) is 0 Å². The Balaban J connectivity index is 1.52. The van der Waals surface area contributed by atoms with E-state index in [-0.39, 0.29) is 11.9 Å². The number of carbonyl (C=O) groups is 1. The van der Waals surface area contributed by atoms with E-state index < -0.39 is 0 Å². The van der Waals surface area contributed by atoms with Gasteiger partial charge in [-0.15, -0.1) is 0 Å². The zero-order valence-electron chi connectivity index (χ0n) is 18.8. The first kappa shape index (κ1) is 22.2. The van der Waals surface area contributed by atoms with Crippen molar-refractivity contribution in [3.8, 4) is 11.4 Å². The van der Waals surface area contributed by atoms with Gasteiger partial charge in [-0.25, -0.2) is 15.0 Å². The van der Waals surface area contributed by atoms with Crippen LogP contribution in [0.1, 0.15) is 42.5 Å². The molecule has 0 spiro atoms. The molecule has 1 atom stereocenters. The van der Waals surface area contributed by atoms with Crippen LogP contribution in [0.5, 0.6) is 0 Å². The first-order valence-corrected chi connectivity index (χ1v) is 11.2. The maximum atomic E-state index is 12.7. The summed E-state index contributed by atoms with van der Waals surface area (Å²) < 4.78 is 2.09. The second-order valence-corrected chi connectivity index (χ2v) is 8.68. The van der Waals surface area contributed by atoms with Gasteiger partial charge in [0.25, 0.3) is 5.91 Å². The molecule has 0 unspecified atom stereocenters. The molecule has 1 saturated heterocycles. The van der Waals surface area contributed by atoms with E-state index >= 15 is 0 Å². The number of likely N-dealkylation sites (tertiary alicyclic amines) is 1. The number of nitrogens with zero attached hydrogens (tertiary/aromatic N) is 5. The van der Waals surface area contributed by atoms with Crippen LogP contribution in [0.3, 0.4) is 0 Å². The Kier molecular flexibility index (Phi) is 6.43. The molecule has 2 aromatic heterocycles. The lowest BCUT2D eigenvalue weighted by atomic mass is 10.2. The third kappa shape index (κ3) is 4.47. The zero-order chi connectivity index (χ0) is 22.8. The Morgan fingerprint density at radius 3 is 2.59 bits per heavy atom. The van der Waals surface area contributed by atoms with Crippen LogP contribution in [0.4, 0.5) is 11.6 Å². The highest BCUT2D eigenvalue weighted by Gasteiger charge is 2.25. The van der Waals surface area contributed by atoms with Crippen molar-refractivity contribution in [2.75, 3.05) is 25.5 Å². The van der Waals surface area contributed by atoms with E-state index in [2.05, 4.69) is 44.0 Å². The van der Waals surface area contributed by atoms with E-state index in [9.17, 15) is 4.79 Å². The van der Waals surface area contributed by atoms with Crippen LogP contribution in [-0.4, -0.2) is 56.5 Å². The van der Waals surface area contributed by atoms with Gasteiger partial charge in [0, 0.05) is 36.4 Å². The first-order chi connectivity index (χ1) is 15.4. The molecule has 3 heterocycles. The van der Waals surface area contributed by atoms with E-state index in [4.69, 9.17) is 11.6 Å². The standard InChI is InChI=1S/C23H28ClN7O/c1-14(2)31-15(3)26-12-20(31)21-19(24)11-27-23(29-21)28-17-7-5-16(6-8-17)22(32)30-10-9-18(13-30)25-4/h5-8,11-12,14,18,25H,9-10,13H2,1-4H3,(H,27,28,29)/t18-/m0/s1. The van der Waals surface area contributed by atoms with Crippen molar-refractivity contribution in [2.24, 2.45) is 0 Å². The van der Waals surface area contributed by atoms with Gasteiger partial charge in [0.05, 0.1) is 23.1 Å². The number of halogens is 1. The lowest BCUT2D eigenvalue weighted by molar-refractivity contribution is 0.0789. The fourth-order valence-corrected chi connectivity index (χ4v) is 4.26. The van der Waals surface area contributed by atoms with Crippen molar-refractivity contribution in [2.45, 2.75) is 39.3 Å². The lowest BCUT2D eigenvalue weighted by Gasteiger charge is -2.17. The Morgan fingerprint density at radius 2 is 1.94 bits per heavy atom. The van der Waals surface area contributed by atoms with E-state index in [1.54, 1.807) is 12.4 Å². The van der Waals surface area contributed by atoms with Crippen molar-refractivity contribution in [1.82, 2.24) is 29.7 Å². The number of carbonyl (C=O) groups excluding carboxylic acids is 1. The van der Waals surface area contributed by atoms with Gasteiger partial charge < -0.3 is 20.1 Å². The number of imidazole rings is 1. The highest BCUT2D eigenvalue weighted by molar-refractivity contribution is 6.32. The molecule has 1 aromatic carbocycles. The predicted octanol–water partition coefficient (Wildman–Crippen LogP) is 4.06. The highest BCUT2D eigenvalue weighted by Crippen LogP contribution is 2.30. The largest absolute Gasteiger partial charge is 0.337 e. The molecular weight excluding hydrogens is 426 g/mol. The van der Waals surface area contributed by atoms with Gasteiger partial charge in [-0.1, -0.05) is 11.6 Å². The average Bonchev–Trinajstić information content (AvgIpc) is 3.42. The normalized spacial score (nSPS) is 16.1. The van der Waals surface area contributed by atoms with Crippen molar-refractivity contribution in [3.05, 3.63) is 53.1 Å². The van der Waals surface area contributed by atoms with Crippen LogP contribution in [0.15, 0.2) is 36.7 Å². The maximum absolute atomic E-state index is 12.7. The van der Waals surface area contributed by atoms with Crippen LogP contribution in [0.2, 0.25) is 5.02 Å². The molecular formula is C23H28ClN7O. The van der Waals surface area contributed by atoms with E-state index in [0.717, 1.165) is 36.7 Å². The minimum Gasteiger partial charge on any atom is -0.337 e. The molecule has 1 amide bonds. The smallest absolute Gasteiger partial charge is 0.253 e. The number of aromatic nitrogens is 4. The van der Waals surface area contributed by atoms with Crippen LogP contribution in [0, 0.1) is 6.92 Å². The molecule has 0 radical (unpaired) electrons. The number of rotatable bonds is 6. The number of aryl methyl sites for hydroxylation is 1. The van der Waals surface area contributed by atoms with Gasteiger partial charge in [-0.3, -0.25) is 4.79 Å². The number of hydrogen-bond acceptors (Lipinski definition) is 6. The second-order valence-electron chi connectivity index (χ2n) is 8.27. The number of benzene rings is 1. The quantitative estimate of drug-likeness (QED) is 0.585. The number of nitrogens with one attached hydrogen (secondary N) is 2. The third-order valence-corrected chi connectivity index (χ3v) is 6.03.